The summed E-state index contributed by atoms with van der Waals surface area (Å²) in [6.07, 6.45) is 11.5. The van der Waals surface area contributed by atoms with Crippen molar-refractivity contribution in [3.63, 3.8) is 0 Å². The summed E-state index contributed by atoms with van der Waals surface area (Å²) in [7, 11) is 2.82. The molecule has 0 radical (unpaired) electrons. The Morgan fingerprint density at radius 3 is 1.91 bits per heavy atom. The normalized spacial score (nSPS) is 18.0. The van der Waals surface area contributed by atoms with Crippen LogP contribution in [0.4, 0.5) is 0 Å². The van der Waals surface area contributed by atoms with E-state index in [1.54, 1.807) is 0 Å². The Kier molecular flexibility index (Phi) is 11.5. The van der Waals surface area contributed by atoms with E-state index in [1.807, 2.05) is 13.0 Å². The van der Waals surface area contributed by atoms with Crippen LogP contribution in [0, 0.1) is 26.7 Å². The van der Waals surface area contributed by atoms with Crippen LogP contribution >= 0.6 is 0 Å². The molecule has 0 fully saturated rings. The monoisotopic (exact) mass is 660 g/mol. The summed E-state index contributed by atoms with van der Waals surface area (Å²) < 4.78 is 18.1. The quantitative estimate of drug-likeness (QED) is 0.337. The number of aromatic nitrogens is 3. The summed E-state index contributed by atoms with van der Waals surface area (Å²) in [4.78, 5) is 44.7. The number of fused-ring (bicyclic) bond motifs is 7. The minimum absolute atomic E-state index is 0.0888. The fourth-order valence-corrected chi connectivity index (χ4v) is 6.44. The number of methoxy groups -OCH3 is 2. The molecular weight excluding hydrogens is 619 g/mol. The first kappa shape index (κ1) is 34.9. The van der Waals surface area contributed by atoms with Gasteiger partial charge < -0.3 is 24.4 Å². The van der Waals surface area contributed by atoms with E-state index in [9.17, 15) is 9.59 Å². The number of carbonyl (C=O) groups excluding carboxylic acids is 2. The molecule has 0 amide bonds. The summed E-state index contributed by atoms with van der Waals surface area (Å²) in [6, 6.07) is 0. The second-order valence-corrected chi connectivity index (χ2v) is 11.6. The van der Waals surface area contributed by atoms with Crippen LogP contribution in [-0.2, 0) is 59.4 Å². The molecule has 0 saturated heterocycles. The van der Waals surface area contributed by atoms with Gasteiger partial charge in [-0.2, -0.15) is 0 Å². The van der Waals surface area contributed by atoms with Crippen molar-refractivity contribution < 1.29 is 40.1 Å². The molecule has 1 atom stereocenters. The Balaban J connectivity index is 0.00000235. The van der Waals surface area contributed by atoms with Gasteiger partial charge >= 0.3 is 33.0 Å². The molecule has 243 valence electrons. The average Bonchev–Trinajstić information content (AvgIpc) is 3.72. The van der Waals surface area contributed by atoms with Crippen LogP contribution in [0.5, 0.6) is 0 Å². The number of nitrogens with zero attached hydrogens (tertiary/aromatic N) is 4. The third-order valence-corrected chi connectivity index (χ3v) is 9.18. The van der Waals surface area contributed by atoms with Crippen molar-refractivity contribution in [2.75, 3.05) is 14.2 Å². The number of hydrogen-bond acceptors (Lipinski definition) is 6. The van der Waals surface area contributed by atoms with Crippen LogP contribution in [0.2, 0.25) is 0 Å². The summed E-state index contributed by atoms with van der Waals surface area (Å²) in [5, 5.41) is 3.41. The van der Waals surface area contributed by atoms with Crippen LogP contribution in [0.25, 0.3) is 24.3 Å². The summed E-state index contributed by atoms with van der Waals surface area (Å²) in [5.74, 6) is -0.612. The van der Waals surface area contributed by atoms with E-state index in [2.05, 4.69) is 52.8 Å². The summed E-state index contributed by atoms with van der Waals surface area (Å²) >= 11 is 1.06. The molecule has 2 aliphatic rings. The van der Waals surface area contributed by atoms with Crippen LogP contribution < -0.4 is 36.3 Å². The molecule has 5 heterocycles. The molecule has 46 heavy (non-hydrogen) atoms. The molecule has 0 N–H and O–H groups in total. The molecule has 0 aromatic carbocycles. The van der Waals surface area contributed by atoms with Gasteiger partial charge in [0.15, 0.2) is 0 Å². The summed E-state index contributed by atoms with van der Waals surface area (Å²) in [6.45, 7) is 12.7. The third kappa shape index (κ3) is 6.91. The minimum atomic E-state index is -0.269. The van der Waals surface area contributed by atoms with Gasteiger partial charge in [0.25, 0.3) is 0 Å². The first-order valence-electron chi connectivity index (χ1n) is 15.6. The van der Waals surface area contributed by atoms with E-state index in [-0.39, 0.29) is 30.7 Å². The first-order valence-corrected chi connectivity index (χ1v) is 16.2. The van der Waals surface area contributed by atoms with E-state index >= 15 is 0 Å². The summed E-state index contributed by atoms with van der Waals surface area (Å²) in [5.41, 5.74) is 11.2. The van der Waals surface area contributed by atoms with E-state index in [0.717, 1.165) is 102 Å². The molecule has 10 heteroatoms. The second kappa shape index (κ2) is 15.1. The van der Waals surface area contributed by atoms with E-state index < -0.39 is 0 Å². The van der Waals surface area contributed by atoms with Gasteiger partial charge in [0, 0.05) is 24.5 Å². The van der Waals surface area contributed by atoms with Crippen molar-refractivity contribution in [2.45, 2.75) is 80.1 Å². The number of carbonyl (C=O) groups is 2. The Morgan fingerprint density at radius 2 is 1.28 bits per heavy atom. The fraction of sp³-hybridized carbons (Fsp3) is 0.417. The number of ether oxygens (including phenoxy) is 2. The Hall–Kier alpha value is -3.95. The molecule has 3 aromatic heterocycles. The Labute approximate surface area is 278 Å². The van der Waals surface area contributed by atoms with E-state index in [1.165, 1.54) is 25.3 Å². The van der Waals surface area contributed by atoms with Crippen LogP contribution in [0.15, 0.2) is 16.3 Å². The van der Waals surface area contributed by atoms with Gasteiger partial charge in [-0.05, 0) is 59.0 Å². The first-order chi connectivity index (χ1) is 22.1. The maximum atomic E-state index is 12.2. The number of esters is 2. The molecule has 2 aliphatic heterocycles. The van der Waals surface area contributed by atoms with Gasteiger partial charge in [-0.3, -0.25) is 14.6 Å². The zero-order valence-electron chi connectivity index (χ0n) is 27.9. The maximum absolute atomic E-state index is 12.2. The molecule has 5 rings (SSSR count). The number of allylic oxidation sites excluding steroid dienone is 2. The molecule has 0 saturated carbocycles. The van der Waals surface area contributed by atoms with Gasteiger partial charge in [0.1, 0.15) is 0 Å². The number of rotatable bonds is 8. The van der Waals surface area contributed by atoms with Gasteiger partial charge in [-0.25, -0.2) is 0 Å². The molecule has 0 spiro atoms. The van der Waals surface area contributed by atoms with E-state index in [0.29, 0.717) is 12.8 Å². The Bertz CT molecular complexity index is 1970. The average molecular weight is 661 g/mol. The molecule has 1 unspecified atom stereocenters. The van der Waals surface area contributed by atoms with Gasteiger partial charge in [0.05, 0.1) is 19.9 Å². The van der Waals surface area contributed by atoms with Crippen LogP contribution in [-0.4, -0.2) is 31.9 Å². The van der Waals surface area contributed by atoms with Gasteiger partial charge in [0.2, 0.25) is 0 Å². The van der Waals surface area contributed by atoms with Crippen molar-refractivity contribution in [2.24, 2.45) is 10.9 Å². The predicted octanol–water partition coefficient (Wildman–Crippen LogP) is 2.12. The zero-order chi connectivity index (χ0) is 33.7. The number of aliphatic imine (C=N–C) groups is 1. The van der Waals surface area contributed by atoms with Gasteiger partial charge in [-0.15, -0.1) is 32.8 Å². The van der Waals surface area contributed by atoms with Crippen molar-refractivity contribution in [1.29, 1.82) is 0 Å². The van der Waals surface area contributed by atoms with Gasteiger partial charge in [-0.1, -0.05) is 71.5 Å². The van der Waals surface area contributed by atoms with Crippen LogP contribution in [0.3, 0.4) is 0 Å². The molecule has 0 aliphatic carbocycles. The Morgan fingerprint density at radius 1 is 0.717 bits per heavy atom. The van der Waals surface area contributed by atoms with Crippen molar-refractivity contribution in [3.8, 4) is 0 Å². The zero-order valence-corrected chi connectivity index (χ0v) is 29.3. The van der Waals surface area contributed by atoms with E-state index in [4.69, 9.17) is 33.1 Å². The van der Waals surface area contributed by atoms with Crippen molar-refractivity contribution in [1.82, 2.24) is 15.0 Å². The predicted molar refractivity (Wildman–Crippen MR) is 173 cm³/mol. The third-order valence-electron chi connectivity index (χ3n) is 9.18. The molecule has 3 aromatic rings. The molecular formula is C36H41N4O5V-3. The molecule has 9 nitrogen and oxygen atoms in total. The second-order valence-electron chi connectivity index (χ2n) is 11.6. The standard InChI is InChI=1S/C36H41N4O4.O.V/c1-9-23-19(3)27-15-28-21(5)25(11-13-35(41)43-7)33(39-28)18-34-26(12-14-36(42)44-8)22(6)30(40-34)17-32-24(10-2)20(4)29(38-32)16-31(23)37-27;;/h15-18,25H,9-14H2,1-8H3;;/q-3;;/b27-15-;;. The number of hydrogen-bond donors (Lipinski definition) is 0. The van der Waals surface area contributed by atoms with Crippen LogP contribution in [0.1, 0.15) is 84.8 Å². The molecule has 8 bridgehead atoms. The SMILES string of the molecule is CCc1c2[n-]c(c1C)/C=c1\[n-]/c(c(C)c1CC)=C\C1=C(C)C(CCC(=O)OC)C(=N1)/C=c1\[n-]/c(c(C)c1CCC(=O)OC)=C\2.[O]=[V]. The fourth-order valence-electron chi connectivity index (χ4n) is 6.44. The van der Waals surface area contributed by atoms with Crippen molar-refractivity contribution >= 4 is 42.0 Å². The topological polar surface area (TPSA) is 124 Å². The van der Waals surface area contributed by atoms with Crippen molar-refractivity contribution in [3.05, 3.63) is 77.4 Å².